The summed E-state index contributed by atoms with van der Waals surface area (Å²) in [7, 11) is 4.13. The number of carbonyl (C=O) groups excluding carboxylic acids is 1. The van der Waals surface area contributed by atoms with Gasteiger partial charge < -0.3 is 22.0 Å². The number of likely N-dealkylation sites (N-methyl/N-ethyl adjacent to an activating group) is 1. The monoisotopic (exact) mass is 297 g/mol. The third kappa shape index (κ3) is 3.74. The van der Waals surface area contributed by atoms with Gasteiger partial charge >= 0.3 is 5.97 Å². The van der Waals surface area contributed by atoms with Gasteiger partial charge in [-0.25, -0.2) is 0 Å². The minimum Gasteiger partial charge on any atom is -1.00 e. The fourth-order valence-corrected chi connectivity index (χ4v) is 2.83. The molecular formula is C16H24ClNO2. The SMILES string of the molecule is C[NH+](C)CCOC(=O)C1(c2ccccc2)CCCC1.[Cl-]. The van der Waals surface area contributed by atoms with Gasteiger partial charge in [-0.2, -0.15) is 0 Å². The first-order valence-electron chi connectivity index (χ1n) is 7.17. The highest BCUT2D eigenvalue weighted by atomic mass is 35.5. The van der Waals surface area contributed by atoms with Crippen molar-refractivity contribution in [3.05, 3.63) is 35.9 Å². The Labute approximate surface area is 127 Å². The third-order valence-electron chi connectivity index (χ3n) is 4.01. The second-order valence-electron chi connectivity index (χ2n) is 5.75. The molecule has 0 spiro atoms. The van der Waals surface area contributed by atoms with E-state index in [4.69, 9.17) is 4.74 Å². The van der Waals surface area contributed by atoms with Crippen molar-refractivity contribution in [3.63, 3.8) is 0 Å². The number of quaternary nitrogens is 1. The lowest BCUT2D eigenvalue weighted by atomic mass is 9.79. The highest BCUT2D eigenvalue weighted by Crippen LogP contribution is 2.42. The Balaban J connectivity index is 0.00000200. The summed E-state index contributed by atoms with van der Waals surface area (Å²) in [6.45, 7) is 1.37. The van der Waals surface area contributed by atoms with E-state index in [2.05, 4.69) is 26.2 Å². The van der Waals surface area contributed by atoms with Gasteiger partial charge in [-0.15, -0.1) is 0 Å². The van der Waals surface area contributed by atoms with Crippen LogP contribution >= 0.6 is 0 Å². The van der Waals surface area contributed by atoms with Gasteiger partial charge in [0.05, 0.1) is 19.5 Å². The predicted octanol–water partition coefficient (Wildman–Crippen LogP) is -1.81. The minimum absolute atomic E-state index is 0. The average molecular weight is 298 g/mol. The molecule has 1 saturated carbocycles. The molecular weight excluding hydrogens is 274 g/mol. The highest BCUT2D eigenvalue weighted by Gasteiger charge is 2.44. The van der Waals surface area contributed by atoms with Gasteiger partial charge in [0.25, 0.3) is 0 Å². The summed E-state index contributed by atoms with van der Waals surface area (Å²) in [4.78, 5) is 13.8. The molecule has 0 radical (unpaired) electrons. The van der Waals surface area contributed by atoms with Crippen LogP contribution in [0.25, 0.3) is 0 Å². The second-order valence-corrected chi connectivity index (χ2v) is 5.75. The molecule has 1 aliphatic carbocycles. The van der Waals surface area contributed by atoms with E-state index in [9.17, 15) is 4.79 Å². The van der Waals surface area contributed by atoms with E-state index >= 15 is 0 Å². The molecule has 0 aliphatic heterocycles. The van der Waals surface area contributed by atoms with Gasteiger partial charge in [0.2, 0.25) is 0 Å². The fourth-order valence-electron chi connectivity index (χ4n) is 2.83. The van der Waals surface area contributed by atoms with E-state index in [0.29, 0.717) is 6.61 Å². The van der Waals surface area contributed by atoms with Crippen molar-refractivity contribution < 1.29 is 26.8 Å². The summed E-state index contributed by atoms with van der Waals surface area (Å²) < 4.78 is 5.53. The number of ether oxygens (including phenoxy) is 1. The van der Waals surface area contributed by atoms with Crippen molar-refractivity contribution in [1.29, 1.82) is 0 Å². The number of nitrogens with one attached hydrogen (secondary N) is 1. The molecule has 1 fully saturated rings. The van der Waals surface area contributed by atoms with Crippen molar-refractivity contribution in [2.75, 3.05) is 27.2 Å². The Hall–Kier alpha value is -1.06. The first-order chi connectivity index (χ1) is 9.15. The Kier molecular flexibility index (Phi) is 6.50. The Morgan fingerprint density at radius 3 is 2.35 bits per heavy atom. The van der Waals surface area contributed by atoms with E-state index in [1.807, 2.05) is 18.2 Å². The molecule has 3 nitrogen and oxygen atoms in total. The van der Waals surface area contributed by atoms with Gasteiger partial charge in [0.15, 0.2) is 0 Å². The Morgan fingerprint density at radius 1 is 1.20 bits per heavy atom. The number of carbonyl (C=O) groups is 1. The number of halogens is 1. The molecule has 0 unspecified atom stereocenters. The van der Waals surface area contributed by atoms with E-state index in [1.54, 1.807) is 0 Å². The minimum atomic E-state index is -0.386. The predicted molar refractivity (Wildman–Crippen MR) is 75.2 cm³/mol. The first-order valence-corrected chi connectivity index (χ1v) is 7.17. The molecule has 112 valence electrons. The summed E-state index contributed by atoms with van der Waals surface area (Å²) in [5, 5.41) is 0. The standard InChI is InChI=1S/C16H23NO2.ClH/c1-17(2)12-13-19-15(18)16(10-6-7-11-16)14-8-4-3-5-9-14;/h3-5,8-9H,6-7,10-13H2,1-2H3;1H. The number of hydrogen-bond donors (Lipinski definition) is 1. The quantitative estimate of drug-likeness (QED) is 0.650. The molecule has 4 heteroatoms. The molecule has 0 amide bonds. The molecule has 20 heavy (non-hydrogen) atoms. The maximum atomic E-state index is 12.5. The van der Waals surface area contributed by atoms with Gasteiger partial charge in [-0.05, 0) is 18.4 Å². The molecule has 1 aromatic rings. The van der Waals surface area contributed by atoms with Crippen LogP contribution in [0.1, 0.15) is 31.2 Å². The zero-order chi connectivity index (χ0) is 13.7. The van der Waals surface area contributed by atoms with Crippen LogP contribution in [-0.2, 0) is 14.9 Å². The van der Waals surface area contributed by atoms with E-state index in [0.717, 1.165) is 37.8 Å². The molecule has 0 bridgehead atoms. The second kappa shape index (κ2) is 7.65. The normalized spacial score (nSPS) is 16.8. The first kappa shape index (κ1) is 17.0. The number of esters is 1. The lowest BCUT2D eigenvalue weighted by molar-refractivity contribution is -0.858. The van der Waals surface area contributed by atoms with Crippen molar-refractivity contribution in [1.82, 2.24) is 0 Å². The smallest absolute Gasteiger partial charge is 0.316 e. The number of rotatable bonds is 5. The zero-order valence-electron chi connectivity index (χ0n) is 12.3. The molecule has 2 rings (SSSR count). The average Bonchev–Trinajstić information content (AvgIpc) is 2.90. The topological polar surface area (TPSA) is 30.7 Å². The van der Waals surface area contributed by atoms with Crippen LogP contribution in [0.4, 0.5) is 0 Å². The molecule has 0 atom stereocenters. The summed E-state index contributed by atoms with van der Waals surface area (Å²) in [5.74, 6) is -0.0301. The maximum Gasteiger partial charge on any atom is 0.316 e. The largest absolute Gasteiger partial charge is 1.00 e. The molecule has 1 aromatic carbocycles. The summed E-state index contributed by atoms with van der Waals surface area (Å²) in [6.07, 6.45) is 4.07. The molecule has 1 aliphatic rings. The van der Waals surface area contributed by atoms with Crippen LogP contribution in [0, 0.1) is 0 Å². The Morgan fingerprint density at radius 2 is 1.80 bits per heavy atom. The van der Waals surface area contributed by atoms with Gasteiger partial charge in [-0.1, -0.05) is 43.2 Å². The van der Waals surface area contributed by atoms with Crippen molar-refractivity contribution in [2.45, 2.75) is 31.1 Å². The van der Waals surface area contributed by atoms with Crippen molar-refractivity contribution >= 4 is 5.97 Å². The molecule has 0 aromatic heterocycles. The van der Waals surface area contributed by atoms with Gasteiger partial charge in [0, 0.05) is 0 Å². The van der Waals surface area contributed by atoms with Crippen LogP contribution in [0.15, 0.2) is 30.3 Å². The maximum absolute atomic E-state index is 12.5. The Bertz CT molecular complexity index is 414. The fraction of sp³-hybridized carbons (Fsp3) is 0.562. The molecule has 0 saturated heterocycles. The highest BCUT2D eigenvalue weighted by molar-refractivity contribution is 5.83. The van der Waals surface area contributed by atoms with E-state index in [-0.39, 0.29) is 23.8 Å². The van der Waals surface area contributed by atoms with Gasteiger partial charge in [-0.3, -0.25) is 4.79 Å². The third-order valence-corrected chi connectivity index (χ3v) is 4.01. The summed E-state index contributed by atoms with van der Waals surface area (Å²) >= 11 is 0. The lowest BCUT2D eigenvalue weighted by Gasteiger charge is -2.27. The van der Waals surface area contributed by atoms with Crippen LogP contribution in [0.3, 0.4) is 0 Å². The lowest BCUT2D eigenvalue weighted by Crippen LogP contribution is -3.06. The van der Waals surface area contributed by atoms with Crippen LogP contribution in [0.2, 0.25) is 0 Å². The number of hydrogen-bond acceptors (Lipinski definition) is 2. The van der Waals surface area contributed by atoms with E-state index < -0.39 is 0 Å². The molecule has 0 heterocycles. The number of benzene rings is 1. The summed E-state index contributed by atoms with van der Waals surface area (Å²) in [5.41, 5.74) is 0.734. The van der Waals surface area contributed by atoms with Crippen LogP contribution in [-0.4, -0.2) is 33.2 Å². The van der Waals surface area contributed by atoms with E-state index in [1.165, 1.54) is 4.90 Å². The van der Waals surface area contributed by atoms with Crippen LogP contribution in [0.5, 0.6) is 0 Å². The molecule has 1 N–H and O–H groups in total. The van der Waals surface area contributed by atoms with Gasteiger partial charge in [0.1, 0.15) is 13.2 Å². The zero-order valence-corrected chi connectivity index (χ0v) is 13.1. The summed E-state index contributed by atoms with van der Waals surface area (Å²) in [6, 6.07) is 10.1. The van der Waals surface area contributed by atoms with Crippen molar-refractivity contribution in [2.24, 2.45) is 0 Å². The van der Waals surface area contributed by atoms with Crippen molar-refractivity contribution in [3.8, 4) is 0 Å². The van der Waals surface area contributed by atoms with Crippen LogP contribution < -0.4 is 17.3 Å².